The average Bonchev–Trinajstić information content (AvgIpc) is 2.34. The Hall–Kier alpha value is -0.830. The third-order valence-corrected chi connectivity index (χ3v) is 1.78. The summed E-state index contributed by atoms with van der Waals surface area (Å²) < 4.78 is 0. The van der Waals surface area contributed by atoms with Crippen LogP contribution < -0.4 is 5.73 Å². The van der Waals surface area contributed by atoms with Crippen LogP contribution in [0.5, 0.6) is 0 Å². The van der Waals surface area contributed by atoms with Crippen LogP contribution in [0.4, 0.5) is 0 Å². The van der Waals surface area contributed by atoms with Crippen molar-refractivity contribution in [3.05, 3.63) is 17.5 Å². The molecule has 1 atom stereocenters. The minimum atomic E-state index is 0.200. The average molecular weight is 167 g/mol. The molecule has 0 saturated heterocycles. The van der Waals surface area contributed by atoms with E-state index in [1.807, 2.05) is 6.92 Å². The predicted octanol–water partition coefficient (Wildman–Crippen LogP) is 1.42. The number of nitrogens with one attached hydrogen (secondary N) is 1. The summed E-state index contributed by atoms with van der Waals surface area (Å²) in [6, 6.07) is 2.29. The van der Waals surface area contributed by atoms with Gasteiger partial charge in [0.15, 0.2) is 0 Å². The van der Waals surface area contributed by atoms with Crippen LogP contribution >= 0.6 is 0 Å². The van der Waals surface area contributed by atoms with Crippen molar-refractivity contribution in [2.45, 2.75) is 39.2 Å². The fraction of sp³-hybridized carbons (Fsp3) is 0.667. The van der Waals surface area contributed by atoms with Crippen molar-refractivity contribution in [3.8, 4) is 0 Å². The smallest absolute Gasteiger partial charge is 0.0650 e. The number of aromatic amines is 1. The highest BCUT2D eigenvalue weighted by atomic mass is 15.1. The van der Waals surface area contributed by atoms with Crippen LogP contribution in [0.25, 0.3) is 0 Å². The number of nitrogens with two attached hydrogens (primary N) is 1. The number of hydrogen-bond acceptors (Lipinski definition) is 2. The van der Waals surface area contributed by atoms with Crippen molar-refractivity contribution in [1.82, 2.24) is 10.2 Å². The van der Waals surface area contributed by atoms with Crippen molar-refractivity contribution < 1.29 is 0 Å². The fourth-order valence-electron chi connectivity index (χ4n) is 1.13. The summed E-state index contributed by atoms with van der Waals surface area (Å²) in [5, 5.41) is 7.18. The van der Waals surface area contributed by atoms with Gasteiger partial charge < -0.3 is 5.73 Å². The molecule has 12 heavy (non-hydrogen) atoms. The van der Waals surface area contributed by atoms with E-state index in [9.17, 15) is 0 Å². The van der Waals surface area contributed by atoms with Gasteiger partial charge in [-0.1, -0.05) is 13.8 Å². The van der Waals surface area contributed by atoms with Gasteiger partial charge in [0.2, 0.25) is 0 Å². The molecular weight excluding hydrogens is 150 g/mol. The maximum absolute atomic E-state index is 5.66. The summed E-state index contributed by atoms with van der Waals surface area (Å²) in [6.45, 7) is 6.26. The molecule has 0 aromatic carbocycles. The number of H-pyrrole nitrogens is 1. The Morgan fingerprint density at radius 1 is 1.50 bits per heavy atom. The minimum Gasteiger partial charge on any atom is -0.328 e. The Balaban J connectivity index is 2.64. The zero-order valence-corrected chi connectivity index (χ0v) is 7.96. The van der Waals surface area contributed by atoms with Crippen LogP contribution in [0.1, 0.15) is 38.1 Å². The van der Waals surface area contributed by atoms with Crippen molar-refractivity contribution >= 4 is 0 Å². The largest absolute Gasteiger partial charge is 0.328 e. The first-order valence-corrected chi connectivity index (χ1v) is 4.39. The highest BCUT2D eigenvalue weighted by molar-refractivity contribution is 5.12. The van der Waals surface area contributed by atoms with Crippen molar-refractivity contribution in [2.24, 2.45) is 5.73 Å². The van der Waals surface area contributed by atoms with E-state index in [-0.39, 0.29) is 6.04 Å². The van der Waals surface area contributed by atoms with Crippen molar-refractivity contribution in [3.63, 3.8) is 0 Å². The maximum Gasteiger partial charge on any atom is 0.0650 e. The first-order valence-electron chi connectivity index (χ1n) is 4.39. The van der Waals surface area contributed by atoms with E-state index in [1.165, 1.54) is 0 Å². The second kappa shape index (κ2) is 3.72. The van der Waals surface area contributed by atoms with Gasteiger partial charge >= 0.3 is 0 Å². The minimum absolute atomic E-state index is 0.200. The SMILES string of the molecule is CC(N)Cc1cc(C(C)C)n[nH]1. The molecule has 68 valence electrons. The van der Waals surface area contributed by atoms with Crippen LogP contribution in [0.3, 0.4) is 0 Å². The van der Waals surface area contributed by atoms with Gasteiger partial charge in [0.1, 0.15) is 0 Å². The van der Waals surface area contributed by atoms with Crippen LogP contribution in [-0.2, 0) is 6.42 Å². The van der Waals surface area contributed by atoms with Crippen molar-refractivity contribution in [2.75, 3.05) is 0 Å². The Morgan fingerprint density at radius 3 is 2.58 bits per heavy atom. The standard InChI is InChI=1S/C9H17N3/c1-6(2)9-5-8(11-12-9)4-7(3)10/h5-7H,4,10H2,1-3H3,(H,11,12). The fourth-order valence-corrected chi connectivity index (χ4v) is 1.13. The molecule has 1 unspecified atom stereocenters. The van der Waals surface area contributed by atoms with Gasteiger partial charge in [-0.3, -0.25) is 5.10 Å². The zero-order valence-electron chi connectivity index (χ0n) is 7.96. The monoisotopic (exact) mass is 167 g/mol. The molecular formula is C9H17N3. The van der Waals surface area contributed by atoms with Crippen LogP contribution in [0.15, 0.2) is 6.07 Å². The van der Waals surface area contributed by atoms with E-state index in [4.69, 9.17) is 5.73 Å². The molecule has 0 fully saturated rings. The van der Waals surface area contributed by atoms with Gasteiger partial charge in [-0.25, -0.2) is 0 Å². The molecule has 1 rings (SSSR count). The van der Waals surface area contributed by atoms with Crippen molar-refractivity contribution in [1.29, 1.82) is 0 Å². The Bertz CT molecular complexity index is 238. The van der Waals surface area contributed by atoms with E-state index in [0.717, 1.165) is 17.8 Å². The molecule has 0 aliphatic carbocycles. The third kappa shape index (κ3) is 2.34. The lowest BCUT2D eigenvalue weighted by molar-refractivity contribution is 0.718. The topological polar surface area (TPSA) is 54.7 Å². The lowest BCUT2D eigenvalue weighted by Gasteiger charge is -2.00. The van der Waals surface area contributed by atoms with Gasteiger partial charge in [0.05, 0.1) is 5.69 Å². The maximum atomic E-state index is 5.66. The summed E-state index contributed by atoms with van der Waals surface area (Å²) in [5.41, 5.74) is 7.91. The lowest BCUT2D eigenvalue weighted by Crippen LogP contribution is -2.17. The molecule has 0 saturated carbocycles. The summed E-state index contributed by atoms with van der Waals surface area (Å²) in [6.07, 6.45) is 0.875. The number of hydrogen-bond donors (Lipinski definition) is 2. The Kier molecular flexibility index (Phi) is 2.87. The molecule has 0 spiro atoms. The Labute approximate surface area is 73.4 Å². The summed E-state index contributed by atoms with van der Waals surface area (Å²) in [7, 11) is 0. The molecule has 3 heteroatoms. The number of aromatic nitrogens is 2. The Morgan fingerprint density at radius 2 is 2.17 bits per heavy atom. The van der Waals surface area contributed by atoms with Gasteiger partial charge in [-0.15, -0.1) is 0 Å². The molecule has 0 amide bonds. The molecule has 0 radical (unpaired) electrons. The lowest BCUT2D eigenvalue weighted by atomic mass is 10.1. The summed E-state index contributed by atoms with van der Waals surface area (Å²) in [4.78, 5) is 0. The van der Waals surface area contributed by atoms with E-state index < -0.39 is 0 Å². The second-order valence-electron chi connectivity index (χ2n) is 3.65. The predicted molar refractivity (Wildman–Crippen MR) is 50.0 cm³/mol. The zero-order chi connectivity index (χ0) is 9.14. The van der Waals surface area contributed by atoms with E-state index in [2.05, 4.69) is 30.1 Å². The summed E-state index contributed by atoms with van der Waals surface area (Å²) >= 11 is 0. The van der Waals surface area contributed by atoms with Gasteiger partial charge in [0.25, 0.3) is 0 Å². The van der Waals surface area contributed by atoms with Gasteiger partial charge in [0, 0.05) is 18.2 Å². The number of rotatable bonds is 3. The van der Waals surface area contributed by atoms with E-state index in [0.29, 0.717) is 5.92 Å². The third-order valence-electron chi connectivity index (χ3n) is 1.78. The normalized spacial score (nSPS) is 13.8. The van der Waals surface area contributed by atoms with E-state index in [1.54, 1.807) is 0 Å². The van der Waals surface area contributed by atoms with Gasteiger partial charge in [-0.2, -0.15) is 5.10 Å². The highest BCUT2D eigenvalue weighted by Gasteiger charge is 2.05. The highest BCUT2D eigenvalue weighted by Crippen LogP contribution is 2.12. The molecule has 0 aliphatic rings. The summed E-state index contributed by atoms with van der Waals surface area (Å²) in [5.74, 6) is 0.489. The quantitative estimate of drug-likeness (QED) is 0.715. The van der Waals surface area contributed by atoms with Gasteiger partial charge in [-0.05, 0) is 18.9 Å². The van der Waals surface area contributed by atoms with E-state index >= 15 is 0 Å². The second-order valence-corrected chi connectivity index (χ2v) is 3.65. The first kappa shape index (κ1) is 9.26. The molecule has 0 aliphatic heterocycles. The molecule has 1 heterocycles. The number of nitrogens with zero attached hydrogens (tertiary/aromatic N) is 1. The molecule has 3 N–H and O–H groups in total. The first-order chi connectivity index (χ1) is 5.59. The molecule has 3 nitrogen and oxygen atoms in total. The molecule has 1 aromatic heterocycles. The molecule has 0 bridgehead atoms. The van der Waals surface area contributed by atoms with Crippen LogP contribution in [0.2, 0.25) is 0 Å². The van der Waals surface area contributed by atoms with Crippen LogP contribution in [-0.4, -0.2) is 16.2 Å². The van der Waals surface area contributed by atoms with Crippen LogP contribution in [0, 0.1) is 0 Å². The molecule has 1 aromatic rings.